The van der Waals surface area contributed by atoms with E-state index in [1.54, 1.807) is 12.1 Å². The topological polar surface area (TPSA) is 23.6 Å². The van der Waals surface area contributed by atoms with Crippen molar-refractivity contribution < 1.29 is 4.79 Å². The van der Waals surface area contributed by atoms with E-state index in [2.05, 4.69) is 35.2 Å². The highest BCUT2D eigenvalue weighted by atomic mass is 35.5. The molecule has 2 fully saturated rings. The van der Waals surface area contributed by atoms with E-state index >= 15 is 0 Å². The first kappa shape index (κ1) is 18.5. The van der Waals surface area contributed by atoms with Gasteiger partial charge in [-0.15, -0.1) is 0 Å². The largest absolute Gasteiger partial charge is 0.339 e. The second kappa shape index (κ2) is 8.04. The Morgan fingerprint density at radius 3 is 2.07 bits per heavy atom. The molecule has 1 amide bonds. The van der Waals surface area contributed by atoms with Crippen LogP contribution in [0.15, 0.2) is 54.6 Å². The van der Waals surface area contributed by atoms with Gasteiger partial charge >= 0.3 is 0 Å². The molecule has 0 atom stereocenters. The van der Waals surface area contributed by atoms with Gasteiger partial charge < -0.3 is 4.90 Å². The van der Waals surface area contributed by atoms with Crippen LogP contribution in [0.1, 0.15) is 41.6 Å². The van der Waals surface area contributed by atoms with Crippen molar-refractivity contribution in [1.29, 1.82) is 0 Å². The number of hydrogen-bond donors (Lipinski definition) is 0. The van der Waals surface area contributed by atoms with Gasteiger partial charge in [-0.05, 0) is 74.0 Å². The van der Waals surface area contributed by atoms with Gasteiger partial charge in [0.2, 0.25) is 0 Å². The van der Waals surface area contributed by atoms with Crippen molar-refractivity contribution in [3.63, 3.8) is 0 Å². The van der Waals surface area contributed by atoms with Gasteiger partial charge in [0.25, 0.3) is 5.91 Å². The molecule has 3 nitrogen and oxygen atoms in total. The molecule has 0 unspecified atom stereocenters. The summed E-state index contributed by atoms with van der Waals surface area (Å²) >= 11 is 5.93. The summed E-state index contributed by atoms with van der Waals surface area (Å²) in [7, 11) is 0. The standard InChI is InChI=1S/C23H27ClN2O/c24-21-8-6-20(7-9-21)22(27)26-16-12-23(13-17-26)10-14-25(15-11-23)18-19-4-2-1-3-5-19/h1-9H,10-18H2. The molecule has 0 radical (unpaired) electrons. The molecule has 2 aliphatic heterocycles. The van der Waals surface area contributed by atoms with Crippen molar-refractivity contribution in [2.45, 2.75) is 32.2 Å². The van der Waals surface area contributed by atoms with Gasteiger partial charge in [-0.3, -0.25) is 9.69 Å². The summed E-state index contributed by atoms with van der Waals surface area (Å²) in [5, 5.41) is 0.673. The second-order valence-corrected chi connectivity index (χ2v) is 8.50. The Morgan fingerprint density at radius 2 is 1.44 bits per heavy atom. The zero-order chi connectivity index (χ0) is 18.7. The Balaban J connectivity index is 1.29. The summed E-state index contributed by atoms with van der Waals surface area (Å²) in [6.07, 6.45) is 4.77. The summed E-state index contributed by atoms with van der Waals surface area (Å²) in [5.74, 6) is 0.142. The Bertz CT molecular complexity index is 757. The number of hydrogen-bond acceptors (Lipinski definition) is 2. The SMILES string of the molecule is O=C(c1ccc(Cl)cc1)N1CCC2(CCN(Cc3ccccc3)CC2)CC1. The third kappa shape index (κ3) is 4.36. The molecule has 2 aliphatic rings. The summed E-state index contributed by atoms with van der Waals surface area (Å²) in [6, 6.07) is 18.0. The minimum absolute atomic E-state index is 0.142. The fourth-order valence-corrected chi connectivity index (χ4v) is 4.61. The maximum Gasteiger partial charge on any atom is 0.253 e. The van der Waals surface area contributed by atoms with Crippen LogP contribution in [0.2, 0.25) is 5.02 Å². The Hall–Kier alpha value is -1.84. The van der Waals surface area contributed by atoms with Crippen molar-refractivity contribution in [2.75, 3.05) is 26.2 Å². The smallest absolute Gasteiger partial charge is 0.253 e. The normalized spacial score (nSPS) is 20.0. The molecule has 142 valence electrons. The maximum absolute atomic E-state index is 12.7. The molecule has 2 aromatic carbocycles. The molecule has 1 spiro atoms. The minimum Gasteiger partial charge on any atom is -0.339 e. The van der Waals surface area contributed by atoms with Gasteiger partial charge in [-0.2, -0.15) is 0 Å². The van der Waals surface area contributed by atoms with Crippen molar-refractivity contribution >= 4 is 17.5 Å². The molecule has 4 heteroatoms. The van der Waals surface area contributed by atoms with Gasteiger partial charge in [0.15, 0.2) is 0 Å². The summed E-state index contributed by atoms with van der Waals surface area (Å²) < 4.78 is 0. The Morgan fingerprint density at radius 1 is 0.852 bits per heavy atom. The Labute approximate surface area is 166 Å². The highest BCUT2D eigenvalue weighted by Crippen LogP contribution is 2.41. The first-order valence-electron chi connectivity index (χ1n) is 9.95. The van der Waals surface area contributed by atoms with Crippen molar-refractivity contribution in [1.82, 2.24) is 9.80 Å². The van der Waals surface area contributed by atoms with Gasteiger partial charge in [-0.1, -0.05) is 41.9 Å². The third-order valence-electron chi connectivity index (χ3n) is 6.37. The number of piperidine rings is 2. The highest BCUT2D eigenvalue weighted by Gasteiger charge is 2.38. The van der Waals surface area contributed by atoms with Gasteiger partial charge in [0.05, 0.1) is 0 Å². The monoisotopic (exact) mass is 382 g/mol. The van der Waals surface area contributed by atoms with Crippen molar-refractivity contribution in [2.24, 2.45) is 5.41 Å². The van der Waals surface area contributed by atoms with Crippen molar-refractivity contribution in [3.05, 3.63) is 70.7 Å². The lowest BCUT2D eigenvalue weighted by atomic mass is 9.71. The lowest BCUT2D eigenvalue weighted by Gasteiger charge is -2.47. The zero-order valence-electron chi connectivity index (χ0n) is 15.7. The van der Waals surface area contributed by atoms with Crippen LogP contribution >= 0.6 is 11.6 Å². The number of carbonyl (C=O) groups is 1. The van der Waals surface area contributed by atoms with Gasteiger partial charge in [0, 0.05) is 30.2 Å². The van der Waals surface area contributed by atoms with Crippen molar-refractivity contribution in [3.8, 4) is 0 Å². The van der Waals surface area contributed by atoms with Crippen LogP contribution in [0.25, 0.3) is 0 Å². The fraction of sp³-hybridized carbons (Fsp3) is 0.435. The number of amides is 1. The molecule has 2 aromatic rings. The number of nitrogens with zero attached hydrogens (tertiary/aromatic N) is 2. The van der Waals surface area contributed by atoms with E-state index in [0.717, 1.165) is 38.0 Å². The number of benzene rings is 2. The molecule has 0 saturated carbocycles. The molecule has 0 aliphatic carbocycles. The molecule has 0 aromatic heterocycles. The third-order valence-corrected chi connectivity index (χ3v) is 6.62. The first-order chi connectivity index (χ1) is 13.1. The summed E-state index contributed by atoms with van der Waals surface area (Å²) in [4.78, 5) is 17.3. The lowest BCUT2D eigenvalue weighted by Crippen LogP contribution is -2.48. The molecule has 2 heterocycles. The Kier molecular flexibility index (Phi) is 5.51. The van der Waals surface area contributed by atoms with E-state index in [1.807, 2.05) is 17.0 Å². The predicted molar refractivity (Wildman–Crippen MR) is 110 cm³/mol. The van der Waals surface area contributed by atoms with Gasteiger partial charge in [0.1, 0.15) is 0 Å². The highest BCUT2D eigenvalue weighted by molar-refractivity contribution is 6.30. The number of halogens is 1. The van der Waals surface area contributed by atoms with Crippen LogP contribution in [0, 0.1) is 5.41 Å². The van der Waals surface area contributed by atoms with Crippen LogP contribution in [-0.2, 0) is 6.54 Å². The van der Waals surface area contributed by atoms with E-state index in [4.69, 9.17) is 11.6 Å². The maximum atomic E-state index is 12.7. The van der Waals surface area contributed by atoms with Crippen LogP contribution < -0.4 is 0 Å². The molecule has 0 bridgehead atoms. The molecule has 0 N–H and O–H groups in total. The lowest BCUT2D eigenvalue weighted by molar-refractivity contribution is 0.0285. The average Bonchev–Trinajstić information content (AvgIpc) is 2.71. The van der Waals surface area contributed by atoms with Gasteiger partial charge in [-0.25, -0.2) is 0 Å². The molecular formula is C23H27ClN2O. The van der Waals surface area contributed by atoms with Crippen LogP contribution in [0.3, 0.4) is 0 Å². The quantitative estimate of drug-likeness (QED) is 0.756. The molecule has 27 heavy (non-hydrogen) atoms. The van der Waals surface area contributed by atoms with E-state index in [-0.39, 0.29) is 5.91 Å². The molecular weight excluding hydrogens is 356 g/mol. The number of likely N-dealkylation sites (tertiary alicyclic amines) is 2. The fourth-order valence-electron chi connectivity index (χ4n) is 4.49. The summed E-state index contributed by atoms with van der Waals surface area (Å²) in [5.41, 5.74) is 2.58. The van der Waals surface area contributed by atoms with E-state index in [0.29, 0.717) is 10.4 Å². The molecule has 2 saturated heterocycles. The predicted octanol–water partition coefficient (Wildman–Crippen LogP) is 4.86. The van der Waals surface area contributed by atoms with Crippen LogP contribution in [-0.4, -0.2) is 41.9 Å². The second-order valence-electron chi connectivity index (χ2n) is 8.06. The van der Waals surface area contributed by atoms with Crippen LogP contribution in [0.4, 0.5) is 0 Å². The van der Waals surface area contributed by atoms with E-state index in [1.165, 1.54) is 31.5 Å². The number of rotatable bonds is 3. The average molecular weight is 383 g/mol. The molecule has 4 rings (SSSR count). The van der Waals surface area contributed by atoms with E-state index in [9.17, 15) is 4.79 Å². The zero-order valence-corrected chi connectivity index (χ0v) is 16.5. The van der Waals surface area contributed by atoms with E-state index < -0.39 is 0 Å². The minimum atomic E-state index is 0.142. The number of carbonyl (C=O) groups excluding carboxylic acids is 1. The van der Waals surface area contributed by atoms with Crippen LogP contribution in [0.5, 0.6) is 0 Å². The summed E-state index contributed by atoms with van der Waals surface area (Å²) in [6.45, 7) is 5.14. The first-order valence-corrected chi connectivity index (χ1v) is 10.3.